The Morgan fingerprint density at radius 1 is 0.868 bits per heavy atom. The summed E-state index contributed by atoms with van der Waals surface area (Å²) in [5.41, 5.74) is 3.95. The van der Waals surface area contributed by atoms with E-state index in [9.17, 15) is 22.8 Å². The number of piperidine rings is 1. The maximum Gasteiger partial charge on any atom is 0.573 e. The van der Waals surface area contributed by atoms with Crippen molar-refractivity contribution in [3.05, 3.63) is 78.4 Å². The van der Waals surface area contributed by atoms with Gasteiger partial charge in [-0.05, 0) is 60.9 Å². The van der Waals surface area contributed by atoms with Gasteiger partial charge in [0.25, 0.3) is 0 Å². The van der Waals surface area contributed by atoms with E-state index in [4.69, 9.17) is 0 Å². The van der Waals surface area contributed by atoms with Crippen LogP contribution in [-0.2, 0) is 10.2 Å². The van der Waals surface area contributed by atoms with E-state index in [0.717, 1.165) is 42.9 Å². The van der Waals surface area contributed by atoms with E-state index >= 15 is 0 Å². The highest BCUT2D eigenvalue weighted by Crippen LogP contribution is 2.50. The largest absolute Gasteiger partial charge is 0.573 e. The number of rotatable bonds is 4. The number of alkyl halides is 3. The third-order valence-corrected chi connectivity index (χ3v) is 7.18. The number of carbonyl (C=O) groups is 2. The minimum Gasteiger partial charge on any atom is -0.406 e. The fourth-order valence-electron chi connectivity index (χ4n) is 5.36. The average Bonchev–Trinajstić information content (AvgIpc) is 3.19. The topological polar surface area (TPSA) is 73.9 Å². The van der Waals surface area contributed by atoms with Gasteiger partial charge in [0.05, 0.1) is 11.4 Å². The zero-order chi connectivity index (χ0) is 26.9. The van der Waals surface area contributed by atoms with Crippen molar-refractivity contribution in [3.8, 4) is 5.75 Å². The molecule has 0 aliphatic carbocycles. The van der Waals surface area contributed by atoms with Crippen LogP contribution < -0.4 is 20.3 Å². The van der Waals surface area contributed by atoms with Gasteiger partial charge in [-0.1, -0.05) is 30.3 Å². The van der Waals surface area contributed by atoms with Crippen LogP contribution in [0.5, 0.6) is 5.75 Å². The molecule has 1 saturated heterocycles. The zero-order valence-corrected chi connectivity index (χ0v) is 20.7. The Morgan fingerprint density at radius 3 is 2.16 bits per heavy atom. The first-order valence-corrected chi connectivity index (χ1v) is 12.3. The number of carbonyl (C=O) groups excluding carboxylic acids is 2. The standard InChI is InChI=1S/C28H27F3N4O3/c1-19(36)34-16-14-27(15-17-34)18-35(24-8-4-2-6-22(24)27)25-9-5-3-7-23(25)33-26(37)32-20-10-12-21(13-11-20)38-28(29,30)31/h2-13H,14-18H2,1H3,(H2,32,33,37). The summed E-state index contributed by atoms with van der Waals surface area (Å²) in [5, 5.41) is 5.52. The number of ether oxygens (including phenoxy) is 1. The summed E-state index contributed by atoms with van der Waals surface area (Å²) in [6.45, 7) is 3.73. The Morgan fingerprint density at radius 2 is 1.50 bits per heavy atom. The molecule has 2 aliphatic heterocycles. The Hall–Kier alpha value is -4.21. The Kier molecular flexibility index (Phi) is 6.64. The van der Waals surface area contributed by atoms with Crippen LogP contribution >= 0.6 is 0 Å². The Bertz CT molecular complexity index is 1340. The van der Waals surface area contributed by atoms with Crippen LogP contribution in [0.4, 0.5) is 40.7 Å². The van der Waals surface area contributed by atoms with Gasteiger partial charge >= 0.3 is 12.4 Å². The maximum atomic E-state index is 12.8. The molecule has 3 amide bonds. The fraction of sp³-hybridized carbons (Fsp3) is 0.286. The molecule has 0 saturated carbocycles. The van der Waals surface area contributed by atoms with E-state index in [1.165, 1.54) is 17.7 Å². The first kappa shape index (κ1) is 25.4. The van der Waals surface area contributed by atoms with Crippen molar-refractivity contribution in [2.24, 2.45) is 0 Å². The molecule has 3 aromatic carbocycles. The number of benzene rings is 3. The first-order chi connectivity index (χ1) is 18.1. The van der Waals surface area contributed by atoms with E-state index in [-0.39, 0.29) is 17.1 Å². The van der Waals surface area contributed by atoms with Crippen molar-refractivity contribution in [2.45, 2.75) is 31.5 Å². The number of urea groups is 1. The summed E-state index contributed by atoms with van der Waals surface area (Å²) in [6, 6.07) is 20.1. The smallest absolute Gasteiger partial charge is 0.406 e. The monoisotopic (exact) mass is 524 g/mol. The third-order valence-electron chi connectivity index (χ3n) is 7.18. The van der Waals surface area contributed by atoms with Crippen molar-refractivity contribution in [1.82, 2.24) is 4.90 Å². The molecule has 2 N–H and O–H groups in total. The van der Waals surface area contributed by atoms with Crippen LogP contribution in [-0.4, -0.2) is 42.8 Å². The summed E-state index contributed by atoms with van der Waals surface area (Å²) in [6.07, 6.45) is -3.08. The Labute approximate surface area is 218 Å². The van der Waals surface area contributed by atoms with E-state index < -0.39 is 12.4 Å². The number of anilines is 4. The number of nitrogens with zero attached hydrogens (tertiary/aromatic N) is 2. The predicted octanol–water partition coefficient (Wildman–Crippen LogP) is 6.26. The van der Waals surface area contributed by atoms with Crippen LogP contribution in [0.15, 0.2) is 72.8 Å². The maximum absolute atomic E-state index is 12.8. The second-order valence-corrected chi connectivity index (χ2v) is 9.56. The molecule has 198 valence electrons. The van der Waals surface area contributed by atoms with Gasteiger partial charge in [0.1, 0.15) is 5.75 Å². The van der Waals surface area contributed by atoms with Gasteiger partial charge < -0.3 is 25.2 Å². The van der Waals surface area contributed by atoms with Crippen LogP contribution in [0.1, 0.15) is 25.3 Å². The van der Waals surface area contributed by atoms with Gasteiger partial charge in [0, 0.05) is 43.3 Å². The lowest BCUT2D eigenvalue weighted by atomic mass is 9.74. The van der Waals surface area contributed by atoms with Gasteiger partial charge in [0.15, 0.2) is 0 Å². The number of halogens is 3. The molecule has 38 heavy (non-hydrogen) atoms. The molecular weight excluding hydrogens is 497 g/mol. The van der Waals surface area contributed by atoms with Gasteiger partial charge in [0.2, 0.25) is 5.91 Å². The molecule has 5 rings (SSSR count). The summed E-state index contributed by atoms with van der Waals surface area (Å²) >= 11 is 0. The molecule has 3 aromatic rings. The van der Waals surface area contributed by atoms with E-state index in [1.807, 2.05) is 35.2 Å². The van der Waals surface area contributed by atoms with Crippen molar-refractivity contribution in [3.63, 3.8) is 0 Å². The summed E-state index contributed by atoms with van der Waals surface area (Å²) in [7, 11) is 0. The van der Waals surface area contributed by atoms with Gasteiger partial charge in [-0.25, -0.2) is 4.79 Å². The molecule has 0 aromatic heterocycles. The van der Waals surface area contributed by atoms with Crippen LogP contribution in [0.25, 0.3) is 0 Å². The third kappa shape index (κ3) is 5.25. The number of fused-ring (bicyclic) bond motifs is 2. The molecule has 10 heteroatoms. The average molecular weight is 525 g/mol. The van der Waals surface area contributed by atoms with Crippen LogP contribution in [0.2, 0.25) is 0 Å². The van der Waals surface area contributed by atoms with Crippen LogP contribution in [0, 0.1) is 0 Å². The van der Waals surface area contributed by atoms with E-state index in [1.54, 1.807) is 13.0 Å². The highest BCUT2D eigenvalue weighted by molar-refractivity contribution is 6.02. The molecule has 0 radical (unpaired) electrons. The lowest BCUT2D eigenvalue weighted by molar-refractivity contribution is -0.274. The molecule has 7 nitrogen and oxygen atoms in total. The summed E-state index contributed by atoms with van der Waals surface area (Å²) < 4.78 is 41.1. The van der Waals surface area contributed by atoms with Crippen molar-refractivity contribution in [1.29, 1.82) is 0 Å². The molecule has 0 unspecified atom stereocenters. The molecule has 1 fully saturated rings. The van der Waals surface area contributed by atoms with Crippen molar-refractivity contribution in [2.75, 3.05) is 35.2 Å². The summed E-state index contributed by atoms with van der Waals surface area (Å²) in [5.74, 6) is -0.282. The SMILES string of the molecule is CC(=O)N1CCC2(CC1)CN(c1ccccc1NC(=O)Nc1ccc(OC(F)(F)F)cc1)c1ccccc12. The predicted molar refractivity (Wildman–Crippen MR) is 139 cm³/mol. The van der Waals surface area contributed by atoms with E-state index in [0.29, 0.717) is 24.5 Å². The number of hydrogen-bond donors (Lipinski definition) is 2. The Balaban J connectivity index is 1.34. The van der Waals surface area contributed by atoms with E-state index in [2.05, 4.69) is 32.4 Å². The lowest BCUT2D eigenvalue weighted by Gasteiger charge is -2.39. The first-order valence-electron chi connectivity index (χ1n) is 12.3. The highest BCUT2D eigenvalue weighted by atomic mass is 19.4. The highest BCUT2D eigenvalue weighted by Gasteiger charge is 2.45. The minimum absolute atomic E-state index is 0.0889. The molecule has 2 heterocycles. The fourth-order valence-corrected chi connectivity index (χ4v) is 5.36. The second-order valence-electron chi connectivity index (χ2n) is 9.56. The molecular formula is C28H27F3N4O3. The zero-order valence-electron chi connectivity index (χ0n) is 20.7. The van der Waals surface area contributed by atoms with Crippen LogP contribution in [0.3, 0.4) is 0 Å². The number of likely N-dealkylation sites (tertiary alicyclic amines) is 1. The quantitative estimate of drug-likeness (QED) is 0.423. The molecule has 1 spiro atoms. The lowest BCUT2D eigenvalue weighted by Crippen LogP contribution is -2.46. The second kappa shape index (κ2) is 9.92. The molecule has 0 bridgehead atoms. The van der Waals surface area contributed by atoms with Gasteiger partial charge in [-0.2, -0.15) is 0 Å². The minimum atomic E-state index is -4.78. The molecule has 0 atom stereocenters. The van der Waals surface area contributed by atoms with Gasteiger partial charge in [-0.3, -0.25) is 4.79 Å². The normalized spacial score (nSPS) is 16.2. The number of hydrogen-bond acceptors (Lipinski definition) is 4. The number of amides is 3. The van der Waals surface area contributed by atoms with Crippen molar-refractivity contribution >= 4 is 34.7 Å². The van der Waals surface area contributed by atoms with Gasteiger partial charge in [-0.15, -0.1) is 13.2 Å². The number of nitrogens with one attached hydrogen (secondary N) is 2. The summed E-state index contributed by atoms with van der Waals surface area (Å²) in [4.78, 5) is 28.8. The number of para-hydroxylation sites is 3. The molecule has 2 aliphatic rings. The van der Waals surface area contributed by atoms with Crippen molar-refractivity contribution < 1.29 is 27.5 Å².